The second-order valence-corrected chi connectivity index (χ2v) is 7.45. The summed E-state index contributed by atoms with van der Waals surface area (Å²) in [6.45, 7) is 5.27. The number of sulfonamides is 1. The molecule has 0 aliphatic carbocycles. The molecule has 7 heteroatoms. The quantitative estimate of drug-likeness (QED) is 0.618. The molecule has 0 spiro atoms. The Labute approximate surface area is 145 Å². The van der Waals surface area contributed by atoms with E-state index in [0.29, 0.717) is 37.4 Å². The second-order valence-electron chi connectivity index (χ2n) is 5.54. The van der Waals surface area contributed by atoms with Gasteiger partial charge in [-0.3, -0.25) is 9.10 Å². The van der Waals surface area contributed by atoms with Gasteiger partial charge in [0.15, 0.2) is 0 Å². The summed E-state index contributed by atoms with van der Waals surface area (Å²) >= 11 is 0. The van der Waals surface area contributed by atoms with Gasteiger partial charge in [-0.1, -0.05) is 25.5 Å². The van der Waals surface area contributed by atoms with Crippen LogP contribution in [-0.2, 0) is 14.8 Å². The van der Waals surface area contributed by atoms with Crippen molar-refractivity contribution in [1.82, 2.24) is 5.32 Å². The lowest BCUT2D eigenvalue weighted by Crippen LogP contribution is -2.32. The average molecular weight is 356 g/mol. The molecule has 0 unspecified atom stereocenters. The van der Waals surface area contributed by atoms with Crippen molar-refractivity contribution in [2.24, 2.45) is 0 Å². The van der Waals surface area contributed by atoms with Crippen LogP contribution in [0.2, 0.25) is 0 Å². The van der Waals surface area contributed by atoms with Crippen molar-refractivity contribution in [3.8, 4) is 5.75 Å². The molecule has 0 saturated heterocycles. The monoisotopic (exact) mass is 356 g/mol. The lowest BCUT2D eigenvalue weighted by molar-refractivity contribution is -0.121. The van der Waals surface area contributed by atoms with Crippen LogP contribution in [0.4, 0.5) is 5.69 Å². The summed E-state index contributed by atoms with van der Waals surface area (Å²) < 4.78 is 31.1. The van der Waals surface area contributed by atoms with E-state index < -0.39 is 10.0 Å². The van der Waals surface area contributed by atoms with Crippen LogP contribution in [0, 0.1) is 0 Å². The Balaban J connectivity index is 2.73. The molecule has 0 saturated carbocycles. The SMILES string of the molecule is CCCCNC(=O)CCCN(c1ccccc1OCC)S(C)(=O)=O. The maximum Gasteiger partial charge on any atom is 0.232 e. The van der Waals surface area contributed by atoms with E-state index in [9.17, 15) is 13.2 Å². The van der Waals surface area contributed by atoms with Crippen molar-refractivity contribution < 1.29 is 17.9 Å². The van der Waals surface area contributed by atoms with E-state index in [1.807, 2.05) is 6.92 Å². The van der Waals surface area contributed by atoms with Crippen LogP contribution in [0.3, 0.4) is 0 Å². The number of nitrogens with one attached hydrogen (secondary N) is 1. The first-order valence-corrected chi connectivity index (χ1v) is 10.2. The molecule has 0 aromatic heterocycles. The summed E-state index contributed by atoms with van der Waals surface area (Å²) in [6, 6.07) is 7.03. The fourth-order valence-electron chi connectivity index (χ4n) is 2.28. The number of carbonyl (C=O) groups is 1. The number of hydrogen-bond acceptors (Lipinski definition) is 4. The van der Waals surface area contributed by atoms with Gasteiger partial charge in [-0.05, 0) is 31.9 Å². The van der Waals surface area contributed by atoms with Crippen LogP contribution in [-0.4, -0.2) is 40.3 Å². The Morgan fingerprint density at radius 1 is 1.21 bits per heavy atom. The number of nitrogens with zero attached hydrogens (tertiary/aromatic N) is 1. The van der Waals surface area contributed by atoms with Crippen molar-refractivity contribution in [1.29, 1.82) is 0 Å². The molecule has 0 heterocycles. The standard InChI is InChI=1S/C17H28N2O4S/c1-4-6-13-18-17(20)12-9-14-19(24(3,21)22)15-10-7-8-11-16(15)23-5-2/h7-8,10-11H,4-6,9,12-14H2,1-3H3,(H,18,20). The number of rotatable bonds is 11. The summed E-state index contributed by atoms with van der Waals surface area (Å²) in [6.07, 6.45) is 3.88. The molecule has 1 rings (SSSR count). The normalized spacial score (nSPS) is 11.1. The molecule has 1 aromatic rings. The number of ether oxygens (including phenoxy) is 1. The van der Waals surface area contributed by atoms with E-state index in [-0.39, 0.29) is 12.5 Å². The van der Waals surface area contributed by atoms with Gasteiger partial charge in [0, 0.05) is 19.5 Å². The molecule has 1 aromatic carbocycles. The molecule has 136 valence electrons. The number of amides is 1. The van der Waals surface area contributed by atoms with Gasteiger partial charge in [-0.2, -0.15) is 0 Å². The van der Waals surface area contributed by atoms with Crippen molar-refractivity contribution in [3.05, 3.63) is 24.3 Å². The first-order valence-electron chi connectivity index (χ1n) is 8.36. The lowest BCUT2D eigenvalue weighted by atomic mass is 10.2. The molecule has 0 aliphatic heterocycles. The van der Waals surface area contributed by atoms with Gasteiger partial charge in [0.05, 0.1) is 18.6 Å². The molecular weight excluding hydrogens is 328 g/mol. The number of unbranched alkanes of at least 4 members (excludes halogenated alkanes) is 1. The topological polar surface area (TPSA) is 75.7 Å². The van der Waals surface area contributed by atoms with Gasteiger partial charge in [-0.25, -0.2) is 8.42 Å². The molecule has 1 N–H and O–H groups in total. The lowest BCUT2D eigenvalue weighted by Gasteiger charge is -2.24. The van der Waals surface area contributed by atoms with Crippen LogP contribution in [0.25, 0.3) is 0 Å². The zero-order valence-electron chi connectivity index (χ0n) is 14.7. The minimum Gasteiger partial charge on any atom is -0.492 e. The minimum absolute atomic E-state index is 0.0463. The third-order valence-corrected chi connectivity index (χ3v) is 4.63. The van der Waals surface area contributed by atoms with E-state index in [1.54, 1.807) is 24.3 Å². The number of para-hydroxylation sites is 2. The first kappa shape index (κ1) is 20.3. The smallest absolute Gasteiger partial charge is 0.232 e. The largest absolute Gasteiger partial charge is 0.492 e. The summed E-state index contributed by atoms with van der Waals surface area (Å²) in [5.74, 6) is 0.479. The maximum atomic E-state index is 12.1. The van der Waals surface area contributed by atoms with Gasteiger partial charge >= 0.3 is 0 Å². The van der Waals surface area contributed by atoms with Crippen LogP contribution < -0.4 is 14.4 Å². The van der Waals surface area contributed by atoms with Crippen LogP contribution >= 0.6 is 0 Å². The second kappa shape index (κ2) is 10.2. The highest BCUT2D eigenvalue weighted by atomic mass is 32.2. The fourth-order valence-corrected chi connectivity index (χ4v) is 3.25. The van der Waals surface area contributed by atoms with Crippen molar-refractivity contribution in [3.63, 3.8) is 0 Å². The summed E-state index contributed by atoms with van der Waals surface area (Å²) in [5, 5.41) is 2.84. The molecule has 1 amide bonds. The highest BCUT2D eigenvalue weighted by molar-refractivity contribution is 7.92. The number of benzene rings is 1. The van der Waals surface area contributed by atoms with Crippen LogP contribution in [0.5, 0.6) is 5.75 Å². The Morgan fingerprint density at radius 2 is 1.92 bits per heavy atom. The van der Waals surface area contributed by atoms with E-state index in [4.69, 9.17) is 4.74 Å². The van der Waals surface area contributed by atoms with Crippen LogP contribution in [0.15, 0.2) is 24.3 Å². The molecular formula is C17H28N2O4S. The summed E-state index contributed by atoms with van der Waals surface area (Å²) in [4.78, 5) is 11.8. The molecule has 0 aliphatic rings. The van der Waals surface area contributed by atoms with E-state index in [0.717, 1.165) is 19.1 Å². The van der Waals surface area contributed by atoms with E-state index in [1.165, 1.54) is 4.31 Å². The Kier molecular flexibility index (Phi) is 8.60. The van der Waals surface area contributed by atoms with E-state index in [2.05, 4.69) is 12.2 Å². The highest BCUT2D eigenvalue weighted by Crippen LogP contribution is 2.30. The molecule has 0 atom stereocenters. The number of hydrogen-bond donors (Lipinski definition) is 1. The van der Waals surface area contributed by atoms with Gasteiger partial charge in [0.2, 0.25) is 15.9 Å². The summed E-state index contributed by atoms with van der Waals surface area (Å²) in [7, 11) is -3.46. The third-order valence-electron chi connectivity index (χ3n) is 3.45. The van der Waals surface area contributed by atoms with Crippen molar-refractivity contribution in [2.75, 3.05) is 30.3 Å². The highest BCUT2D eigenvalue weighted by Gasteiger charge is 2.20. The average Bonchev–Trinajstić information content (AvgIpc) is 2.52. The minimum atomic E-state index is -3.46. The Hall–Kier alpha value is -1.76. The number of anilines is 1. The molecule has 6 nitrogen and oxygen atoms in total. The van der Waals surface area contributed by atoms with Gasteiger partial charge in [0.25, 0.3) is 0 Å². The maximum absolute atomic E-state index is 12.1. The zero-order valence-corrected chi connectivity index (χ0v) is 15.6. The van der Waals surface area contributed by atoms with Gasteiger partial charge in [0.1, 0.15) is 5.75 Å². The summed E-state index contributed by atoms with van der Waals surface area (Å²) in [5.41, 5.74) is 0.508. The first-order chi connectivity index (χ1) is 11.4. The molecule has 0 bridgehead atoms. The van der Waals surface area contributed by atoms with Crippen molar-refractivity contribution in [2.45, 2.75) is 39.5 Å². The zero-order chi connectivity index (χ0) is 18.0. The predicted octanol–water partition coefficient (Wildman–Crippen LogP) is 2.55. The van der Waals surface area contributed by atoms with Crippen LogP contribution in [0.1, 0.15) is 39.5 Å². The molecule has 0 radical (unpaired) electrons. The van der Waals surface area contributed by atoms with Gasteiger partial charge in [-0.15, -0.1) is 0 Å². The fraction of sp³-hybridized carbons (Fsp3) is 0.588. The third kappa shape index (κ3) is 6.78. The van der Waals surface area contributed by atoms with E-state index >= 15 is 0 Å². The van der Waals surface area contributed by atoms with Gasteiger partial charge < -0.3 is 10.1 Å². The Bertz CT molecular complexity index is 617. The molecule has 24 heavy (non-hydrogen) atoms. The number of carbonyl (C=O) groups excluding carboxylic acids is 1. The molecule has 0 fully saturated rings. The Morgan fingerprint density at radius 3 is 2.54 bits per heavy atom. The van der Waals surface area contributed by atoms with Crippen molar-refractivity contribution >= 4 is 21.6 Å². The predicted molar refractivity (Wildman–Crippen MR) is 97.0 cm³/mol.